The SMILES string of the molecule is CCc1ccccc1NCCCCC(=O)NC1CCC(O)CC1. The summed E-state index contributed by atoms with van der Waals surface area (Å²) in [7, 11) is 0. The molecule has 0 aromatic heterocycles. The lowest BCUT2D eigenvalue weighted by Gasteiger charge is -2.26. The maximum Gasteiger partial charge on any atom is 0.220 e. The number of rotatable bonds is 8. The van der Waals surface area contributed by atoms with Gasteiger partial charge in [-0.1, -0.05) is 25.1 Å². The Morgan fingerprint density at radius 2 is 1.91 bits per heavy atom. The van der Waals surface area contributed by atoms with Gasteiger partial charge >= 0.3 is 0 Å². The number of benzene rings is 1. The molecular formula is C19H30N2O2. The molecule has 0 aliphatic heterocycles. The fraction of sp³-hybridized carbons (Fsp3) is 0.632. The first-order valence-corrected chi connectivity index (χ1v) is 8.98. The Labute approximate surface area is 139 Å². The number of hydrogen-bond acceptors (Lipinski definition) is 3. The molecule has 1 amide bonds. The number of nitrogens with one attached hydrogen (secondary N) is 2. The van der Waals surface area contributed by atoms with Crippen molar-refractivity contribution in [3.05, 3.63) is 29.8 Å². The van der Waals surface area contributed by atoms with E-state index in [9.17, 15) is 9.90 Å². The van der Waals surface area contributed by atoms with Gasteiger partial charge in [0.15, 0.2) is 0 Å². The lowest BCUT2D eigenvalue weighted by atomic mass is 9.93. The summed E-state index contributed by atoms with van der Waals surface area (Å²) in [4.78, 5) is 11.9. The standard InChI is InChI=1S/C19H30N2O2/c1-2-15-7-3-4-8-18(15)20-14-6-5-9-19(23)21-16-10-12-17(22)13-11-16/h3-4,7-8,16-17,20,22H,2,5-6,9-14H2,1H3,(H,21,23). The van der Waals surface area contributed by atoms with Gasteiger partial charge in [-0.15, -0.1) is 0 Å². The van der Waals surface area contributed by atoms with Gasteiger partial charge in [0.25, 0.3) is 0 Å². The summed E-state index contributed by atoms with van der Waals surface area (Å²) in [5, 5.41) is 16.0. The monoisotopic (exact) mass is 318 g/mol. The van der Waals surface area contributed by atoms with Gasteiger partial charge in [0.05, 0.1) is 6.10 Å². The van der Waals surface area contributed by atoms with E-state index in [1.807, 2.05) is 0 Å². The minimum absolute atomic E-state index is 0.153. The van der Waals surface area contributed by atoms with Crippen molar-refractivity contribution in [2.45, 2.75) is 70.4 Å². The zero-order valence-electron chi connectivity index (χ0n) is 14.2. The third-order valence-corrected chi connectivity index (χ3v) is 4.61. The topological polar surface area (TPSA) is 61.4 Å². The van der Waals surface area contributed by atoms with E-state index in [0.717, 1.165) is 51.5 Å². The summed E-state index contributed by atoms with van der Waals surface area (Å²) in [5.41, 5.74) is 2.55. The van der Waals surface area contributed by atoms with Crippen LogP contribution in [0.25, 0.3) is 0 Å². The summed E-state index contributed by atoms with van der Waals surface area (Å²) in [6.07, 6.45) is 6.79. The van der Waals surface area contributed by atoms with Crippen LogP contribution in [0.4, 0.5) is 5.69 Å². The largest absolute Gasteiger partial charge is 0.393 e. The maximum absolute atomic E-state index is 11.9. The number of aliphatic hydroxyl groups is 1. The van der Waals surface area contributed by atoms with Crippen molar-refractivity contribution in [3.8, 4) is 0 Å². The molecule has 1 aromatic carbocycles. The van der Waals surface area contributed by atoms with Crippen LogP contribution >= 0.6 is 0 Å². The average Bonchev–Trinajstić information content (AvgIpc) is 2.57. The molecule has 0 bridgehead atoms. The van der Waals surface area contributed by atoms with Crippen LogP contribution in [-0.4, -0.2) is 29.7 Å². The lowest BCUT2D eigenvalue weighted by Crippen LogP contribution is -2.38. The van der Waals surface area contributed by atoms with Crippen molar-refractivity contribution in [1.82, 2.24) is 5.32 Å². The number of unbranched alkanes of at least 4 members (excludes halogenated alkanes) is 1. The fourth-order valence-electron chi connectivity index (χ4n) is 3.15. The Balaban J connectivity index is 1.57. The van der Waals surface area contributed by atoms with E-state index in [-0.39, 0.29) is 18.1 Å². The molecule has 0 saturated heterocycles. The molecule has 0 radical (unpaired) electrons. The highest BCUT2D eigenvalue weighted by Gasteiger charge is 2.20. The molecule has 2 rings (SSSR count). The van der Waals surface area contributed by atoms with Gasteiger partial charge in [-0.05, 0) is 56.6 Å². The van der Waals surface area contributed by atoms with E-state index in [0.29, 0.717) is 6.42 Å². The highest BCUT2D eigenvalue weighted by atomic mass is 16.3. The Bertz CT molecular complexity index is 482. The minimum Gasteiger partial charge on any atom is -0.393 e. The zero-order valence-corrected chi connectivity index (χ0v) is 14.2. The second-order valence-electron chi connectivity index (χ2n) is 6.47. The summed E-state index contributed by atoms with van der Waals surface area (Å²) < 4.78 is 0. The molecule has 3 N–H and O–H groups in total. The van der Waals surface area contributed by atoms with Crippen LogP contribution in [0, 0.1) is 0 Å². The normalized spacial score (nSPS) is 21.0. The first-order valence-electron chi connectivity index (χ1n) is 8.98. The smallest absolute Gasteiger partial charge is 0.220 e. The third-order valence-electron chi connectivity index (χ3n) is 4.61. The van der Waals surface area contributed by atoms with Crippen molar-refractivity contribution >= 4 is 11.6 Å². The first-order chi connectivity index (χ1) is 11.2. The van der Waals surface area contributed by atoms with Crippen molar-refractivity contribution in [2.24, 2.45) is 0 Å². The second-order valence-corrected chi connectivity index (χ2v) is 6.47. The number of carbonyl (C=O) groups excluding carboxylic acids is 1. The first kappa shape index (κ1) is 17.8. The number of hydrogen-bond donors (Lipinski definition) is 3. The molecule has 0 unspecified atom stereocenters. The highest BCUT2D eigenvalue weighted by Crippen LogP contribution is 2.18. The van der Waals surface area contributed by atoms with E-state index >= 15 is 0 Å². The number of para-hydroxylation sites is 1. The Hall–Kier alpha value is -1.55. The average molecular weight is 318 g/mol. The molecule has 1 aliphatic carbocycles. The summed E-state index contributed by atoms with van der Waals surface area (Å²) >= 11 is 0. The molecule has 1 aliphatic rings. The quantitative estimate of drug-likeness (QED) is 0.645. The van der Waals surface area contributed by atoms with Gasteiger partial charge in [-0.25, -0.2) is 0 Å². The Kier molecular flexibility index (Phi) is 7.40. The van der Waals surface area contributed by atoms with Crippen LogP contribution in [0.1, 0.15) is 57.4 Å². The van der Waals surface area contributed by atoms with Crippen molar-refractivity contribution in [2.75, 3.05) is 11.9 Å². The number of aliphatic hydroxyl groups excluding tert-OH is 1. The molecule has 1 fully saturated rings. The van der Waals surface area contributed by atoms with Gasteiger partial charge in [-0.2, -0.15) is 0 Å². The van der Waals surface area contributed by atoms with Crippen molar-refractivity contribution in [1.29, 1.82) is 0 Å². The van der Waals surface area contributed by atoms with Gasteiger partial charge in [0.2, 0.25) is 5.91 Å². The van der Waals surface area contributed by atoms with E-state index in [1.54, 1.807) is 0 Å². The molecule has 4 heteroatoms. The zero-order chi connectivity index (χ0) is 16.5. The van der Waals surface area contributed by atoms with E-state index < -0.39 is 0 Å². The molecule has 4 nitrogen and oxygen atoms in total. The fourth-order valence-corrected chi connectivity index (χ4v) is 3.15. The maximum atomic E-state index is 11.9. The van der Waals surface area contributed by atoms with Crippen LogP contribution in [0.2, 0.25) is 0 Å². The van der Waals surface area contributed by atoms with Crippen LogP contribution < -0.4 is 10.6 Å². The number of carbonyl (C=O) groups is 1. The molecule has 0 heterocycles. The summed E-state index contributed by atoms with van der Waals surface area (Å²) in [6.45, 7) is 3.06. The lowest BCUT2D eigenvalue weighted by molar-refractivity contribution is -0.122. The van der Waals surface area contributed by atoms with E-state index in [1.165, 1.54) is 11.3 Å². The summed E-state index contributed by atoms with van der Waals surface area (Å²) in [6, 6.07) is 8.65. The second kappa shape index (κ2) is 9.56. The summed E-state index contributed by atoms with van der Waals surface area (Å²) in [5.74, 6) is 0.153. The minimum atomic E-state index is -0.166. The Morgan fingerprint density at radius 3 is 2.65 bits per heavy atom. The molecule has 1 aromatic rings. The van der Waals surface area contributed by atoms with Crippen molar-refractivity contribution in [3.63, 3.8) is 0 Å². The molecule has 23 heavy (non-hydrogen) atoms. The van der Waals surface area contributed by atoms with E-state index in [4.69, 9.17) is 0 Å². The number of anilines is 1. The third kappa shape index (κ3) is 6.22. The molecular weight excluding hydrogens is 288 g/mol. The van der Waals surface area contributed by atoms with Gasteiger partial charge in [0, 0.05) is 24.7 Å². The molecule has 1 saturated carbocycles. The Morgan fingerprint density at radius 1 is 1.17 bits per heavy atom. The van der Waals surface area contributed by atoms with Crippen molar-refractivity contribution < 1.29 is 9.90 Å². The number of aryl methyl sites for hydroxylation is 1. The van der Waals surface area contributed by atoms with Crippen LogP contribution in [-0.2, 0) is 11.2 Å². The van der Waals surface area contributed by atoms with Gasteiger partial charge in [-0.3, -0.25) is 4.79 Å². The predicted octanol–water partition coefficient (Wildman–Crippen LogP) is 3.25. The molecule has 128 valence electrons. The van der Waals surface area contributed by atoms with E-state index in [2.05, 4.69) is 41.8 Å². The van der Waals surface area contributed by atoms with Crippen LogP contribution in [0.5, 0.6) is 0 Å². The highest BCUT2D eigenvalue weighted by molar-refractivity contribution is 5.76. The van der Waals surface area contributed by atoms with Crippen LogP contribution in [0.3, 0.4) is 0 Å². The predicted molar refractivity (Wildman–Crippen MR) is 94.6 cm³/mol. The molecule has 0 spiro atoms. The number of amides is 1. The van der Waals surface area contributed by atoms with Gasteiger partial charge in [0.1, 0.15) is 0 Å². The van der Waals surface area contributed by atoms with Gasteiger partial charge < -0.3 is 15.7 Å². The van der Waals surface area contributed by atoms with Crippen LogP contribution in [0.15, 0.2) is 24.3 Å². The molecule has 0 atom stereocenters.